The Labute approximate surface area is 176 Å². The van der Waals surface area contributed by atoms with Crippen LogP contribution in [-0.2, 0) is 16.1 Å². The van der Waals surface area contributed by atoms with Gasteiger partial charge in [-0.1, -0.05) is 23.7 Å². The van der Waals surface area contributed by atoms with E-state index in [0.717, 1.165) is 15.8 Å². The normalized spacial score (nSPS) is 15.1. The highest BCUT2D eigenvalue weighted by Gasteiger charge is 2.31. The third-order valence-corrected chi connectivity index (χ3v) is 5.90. The second kappa shape index (κ2) is 8.18. The molecule has 4 rings (SSSR count). The number of carbonyl (C=O) groups is 2. The van der Waals surface area contributed by atoms with Crippen molar-refractivity contribution in [3.8, 4) is 0 Å². The van der Waals surface area contributed by atoms with E-state index >= 15 is 0 Å². The van der Waals surface area contributed by atoms with Crippen LogP contribution >= 0.6 is 22.9 Å². The molecule has 2 N–H and O–H groups in total. The number of benzene rings is 1. The van der Waals surface area contributed by atoms with Crippen molar-refractivity contribution in [2.24, 2.45) is 0 Å². The summed E-state index contributed by atoms with van der Waals surface area (Å²) in [6.07, 6.45) is 5.19. The van der Waals surface area contributed by atoms with E-state index in [1.54, 1.807) is 9.80 Å². The maximum Gasteiger partial charge on any atom is 0.312 e. The molecular formula is C20H18ClN5O2S. The van der Waals surface area contributed by atoms with Gasteiger partial charge in [0.15, 0.2) is 0 Å². The highest BCUT2D eigenvalue weighted by atomic mass is 35.5. The Balaban J connectivity index is 1.39. The number of anilines is 1. The molecule has 2 amide bonds. The van der Waals surface area contributed by atoms with Crippen LogP contribution in [0, 0.1) is 0 Å². The number of aromatic nitrogens is 2. The Hall–Kier alpha value is -2.97. The molecule has 0 unspecified atom stereocenters. The van der Waals surface area contributed by atoms with Crippen LogP contribution < -0.4 is 5.73 Å². The molecular weight excluding hydrogens is 410 g/mol. The van der Waals surface area contributed by atoms with Crippen molar-refractivity contribution >= 4 is 57.5 Å². The molecule has 29 heavy (non-hydrogen) atoms. The van der Waals surface area contributed by atoms with Crippen LogP contribution in [0.1, 0.15) is 10.4 Å². The fourth-order valence-electron chi connectivity index (χ4n) is 3.20. The highest BCUT2D eigenvalue weighted by molar-refractivity contribution is 7.16. The van der Waals surface area contributed by atoms with Crippen molar-refractivity contribution in [3.05, 3.63) is 57.5 Å². The molecule has 3 aromatic rings. The molecule has 9 heteroatoms. The van der Waals surface area contributed by atoms with E-state index in [0.29, 0.717) is 41.8 Å². The van der Waals surface area contributed by atoms with E-state index < -0.39 is 11.8 Å². The first-order valence-electron chi connectivity index (χ1n) is 9.00. The number of hydrogen-bond acceptors (Lipinski definition) is 6. The number of carbonyl (C=O) groups excluding carboxylic acids is 2. The third-order valence-electron chi connectivity index (χ3n) is 4.70. The van der Waals surface area contributed by atoms with Gasteiger partial charge in [-0.2, -0.15) is 0 Å². The molecule has 0 spiro atoms. The average Bonchev–Trinajstić information content (AvgIpc) is 3.12. The molecule has 0 radical (unpaired) electrons. The lowest BCUT2D eigenvalue weighted by molar-refractivity contribution is -0.156. The molecule has 7 nitrogen and oxygen atoms in total. The molecule has 148 valence electrons. The Morgan fingerprint density at radius 3 is 2.69 bits per heavy atom. The summed E-state index contributed by atoms with van der Waals surface area (Å²) in [7, 11) is 0. The van der Waals surface area contributed by atoms with Gasteiger partial charge in [-0.15, -0.1) is 11.3 Å². The van der Waals surface area contributed by atoms with Crippen molar-refractivity contribution in [1.82, 2.24) is 19.8 Å². The van der Waals surface area contributed by atoms with Gasteiger partial charge in [0, 0.05) is 36.4 Å². The van der Waals surface area contributed by atoms with Gasteiger partial charge in [0.05, 0.1) is 9.85 Å². The first-order chi connectivity index (χ1) is 14.0. The number of thiophene rings is 1. The molecule has 1 aliphatic heterocycles. The summed E-state index contributed by atoms with van der Waals surface area (Å²) in [4.78, 5) is 37.3. The van der Waals surface area contributed by atoms with Crippen LogP contribution in [-0.4, -0.2) is 51.2 Å². The largest absolute Gasteiger partial charge is 0.383 e. The van der Waals surface area contributed by atoms with Crippen LogP contribution in [0.15, 0.2) is 42.7 Å². The monoisotopic (exact) mass is 427 g/mol. The van der Waals surface area contributed by atoms with Crippen LogP contribution in [0.4, 0.5) is 5.82 Å². The SMILES string of the molecule is Nc1ncnc2cc(CN3CCN(C/C=C/c4ccc(Cl)s4)C(=O)C3=O)ccc12. The number of nitrogens with zero attached hydrogens (tertiary/aromatic N) is 4. The van der Waals surface area contributed by atoms with Gasteiger partial charge in [0.25, 0.3) is 0 Å². The molecule has 0 atom stereocenters. The number of nitrogens with two attached hydrogens (primary N) is 1. The molecule has 1 saturated heterocycles. The Morgan fingerprint density at radius 2 is 1.90 bits per heavy atom. The zero-order chi connectivity index (χ0) is 20.4. The molecule has 1 aromatic carbocycles. The molecule has 1 fully saturated rings. The van der Waals surface area contributed by atoms with Crippen molar-refractivity contribution in [2.75, 3.05) is 25.4 Å². The van der Waals surface area contributed by atoms with Crippen molar-refractivity contribution in [3.63, 3.8) is 0 Å². The quantitative estimate of drug-likeness (QED) is 0.632. The predicted octanol–water partition coefficient (Wildman–Crippen LogP) is 2.81. The van der Waals surface area contributed by atoms with E-state index in [4.69, 9.17) is 17.3 Å². The highest BCUT2D eigenvalue weighted by Crippen LogP contribution is 2.23. The summed E-state index contributed by atoms with van der Waals surface area (Å²) in [5, 5.41) is 0.766. The topological polar surface area (TPSA) is 92.4 Å². The Morgan fingerprint density at radius 1 is 1.10 bits per heavy atom. The van der Waals surface area contributed by atoms with E-state index in [-0.39, 0.29) is 0 Å². The number of fused-ring (bicyclic) bond motifs is 1. The number of halogens is 1. The number of nitrogen functional groups attached to an aromatic ring is 1. The fourth-order valence-corrected chi connectivity index (χ4v) is 4.19. The number of amides is 2. The van der Waals surface area contributed by atoms with Gasteiger partial charge < -0.3 is 15.5 Å². The van der Waals surface area contributed by atoms with Gasteiger partial charge in [-0.25, -0.2) is 9.97 Å². The second-order valence-electron chi connectivity index (χ2n) is 6.63. The minimum atomic E-state index is -0.494. The van der Waals surface area contributed by atoms with Gasteiger partial charge >= 0.3 is 11.8 Å². The van der Waals surface area contributed by atoms with E-state index in [1.165, 1.54) is 17.7 Å². The van der Waals surface area contributed by atoms with Crippen molar-refractivity contribution in [2.45, 2.75) is 6.54 Å². The van der Waals surface area contributed by atoms with Crippen LogP contribution in [0.3, 0.4) is 0 Å². The van der Waals surface area contributed by atoms with Gasteiger partial charge in [-0.3, -0.25) is 9.59 Å². The summed E-state index contributed by atoms with van der Waals surface area (Å²) in [5.41, 5.74) is 7.45. The van der Waals surface area contributed by atoms with Crippen molar-refractivity contribution < 1.29 is 9.59 Å². The van der Waals surface area contributed by atoms with E-state index in [9.17, 15) is 9.59 Å². The number of rotatable bonds is 5. The van der Waals surface area contributed by atoms with Gasteiger partial charge in [0.2, 0.25) is 0 Å². The van der Waals surface area contributed by atoms with Gasteiger partial charge in [-0.05, 0) is 35.9 Å². The number of piperazine rings is 1. The van der Waals surface area contributed by atoms with Crippen LogP contribution in [0.5, 0.6) is 0 Å². The Kier molecular flexibility index (Phi) is 5.46. The first-order valence-corrected chi connectivity index (χ1v) is 10.2. The lowest BCUT2D eigenvalue weighted by atomic mass is 10.1. The smallest absolute Gasteiger partial charge is 0.312 e. The standard InChI is InChI=1S/C20H18ClN5O2S/c21-17-6-4-14(29-17)2-1-7-25-8-9-26(20(28)19(25)27)11-13-3-5-15-16(10-13)23-12-24-18(15)22/h1-6,10,12H,7-9,11H2,(H2,22,23,24)/b2-1+. The molecule has 2 aromatic heterocycles. The maximum absolute atomic E-state index is 12.5. The molecule has 1 aliphatic rings. The summed E-state index contributed by atoms with van der Waals surface area (Å²) >= 11 is 7.37. The molecule has 0 bridgehead atoms. The number of hydrogen-bond donors (Lipinski definition) is 1. The predicted molar refractivity (Wildman–Crippen MR) is 114 cm³/mol. The first kappa shape index (κ1) is 19.4. The minimum absolute atomic E-state index is 0.349. The summed E-state index contributed by atoms with van der Waals surface area (Å²) < 4.78 is 0.715. The molecule has 0 saturated carbocycles. The molecule has 0 aliphatic carbocycles. The van der Waals surface area contributed by atoms with Gasteiger partial charge in [0.1, 0.15) is 12.1 Å². The zero-order valence-electron chi connectivity index (χ0n) is 15.4. The second-order valence-corrected chi connectivity index (χ2v) is 8.38. The lowest BCUT2D eigenvalue weighted by Gasteiger charge is -2.33. The lowest BCUT2D eigenvalue weighted by Crippen LogP contribution is -2.53. The van der Waals surface area contributed by atoms with Crippen LogP contribution in [0.25, 0.3) is 17.0 Å². The fraction of sp³-hybridized carbons (Fsp3) is 0.200. The maximum atomic E-state index is 12.5. The Bertz CT molecular complexity index is 1110. The summed E-state index contributed by atoms with van der Waals surface area (Å²) in [6.45, 7) is 1.71. The summed E-state index contributed by atoms with van der Waals surface area (Å²) in [5.74, 6) is -0.567. The average molecular weight is 428 g/mol. The summed E-state index contributed by atoms with van der Waals surface area (Å²) in [6, 6.07) is 9.32. The van der Waals surface area contributed by atoms with Crippen molar-refractivity contribution in [1.29, 1.82) is 0 Å². The van der Waals surface area contributed by atoms with E-state index in [2.05, 4.69) is 9.97 Å². The van der Waals surface area contributed by atoms with E-state index in [1.807, 2.05) is 42.5 Å². The third kappa shape index (κ3) is 4.23. The zero-order valence-corrected chi connectivity index (χ0v) is 17.0. The van der Waals surface area contributed by atoms with Crippen LogP contribution in [0.2, 0.25) is 4.34 Å². The minimum Gasteiger partial charge on any atom is -0.383 e. The molecule has 3 heterocycles.